The first-order chi connectivity index (χ1) is 8.76. The van der Waals surface area contributed by atoms with Gasteiger partial charge in [0, 0.05) is 19.6 Å². The molecule has 2 heteroatoms. The summed E-state index contributed by atoms with van der Waals surface area (Å²) in [5, 5.41) is 0. The van der Waals surface area contributed by atoms with E-state index in [4.69, 9.17) is 4.74 Å². The van der Waals surface area contributed by atoms with Crippen LogP contribution >= 0.6 is 0 Å². The molecule has 18 heavy (non-hydrogen) atoms. The highest BCUT2D eigenvalue weighted by atomic mass is 16.5. The number of rotatable bonds is 2. The van der Waals surface area contributed by atoms with Crippen molar-refractivity contribution in [2.45, 2.75) is 27.3 Å². The van der Waals surface area contributed by atoms with Gasteiger partial charge in [-0.05, 0) is 26.3 Å². The number of morpholine rings is 1. The Morgan fingerprint density at radius 2 is 1.61 bits per heavy atom. The van der Waals surface area contributed by atoms with Crippen molar-refractivity contribution in [3.05, 3.63) is 47.5 Å². The minimum Gasteiger partial charge on any atom is -0.379 e. The quantitative estimate of drug-likeness (QED) is 0.743. The second-order valence-electron chi connectivity index (χ2n) is 4.54. The van der Waals surface area contributed by atoms with E-state index in [1.54, 1.807) is 0 Å². The average Bonchev–Trinajstić information content (AvgIpc) is 2.43. The molecule has 0 spiro atoms. The van der Waals surface area contributed by atoms with Crippen molar-refractivity contribution in [1.82, 2.24) is 4.90 Å². The summed E-state index contributed by atoms with van der Waals surface area (Å²) >= 11 is 0. The topological polar surface area (TPSA) is 12.5 Å². The van der Waals surface area contributed by atoms with Crippen LogP contribution in [0.5, 0.6) is 0 Å². The minimum absolute atomic E-state index is 0.881. The lowest BCUT2D eigenvalue weighted by molar-refractivity contribution is 0.0342. The van der Waals surface area contributed by atoms with Crippen molar-refractivity contribution in [3.63, 3.8) is 0 Å². The van der Waals surface area contributed by atoms with Gasteiger partial charge in [0.1, 0.15) is 0 Å². The number of benzene rings is 1. The lowest BCUT2D eigenvalue weighted by atomic mass is 10.1. The van der Waals surface area contributed by atoms with E-state index >= 15 is 0 Å². The van der Waals surface area contributed by atoms with E-state index in [2.05, 4.69) is 36.1 Å². The number of hydrogen-bond donors (Lipinski definition) is 0. The second-order valence-corrected chi connectivity index (χ2v) is 4.54. The monoisotopic (exact) mass is 247 g/mol. The molecule has 0 atom stereocenters. The molecular weight excluding hydrogens is 222 g/mol. The van der Waals surface area contributed by atoms with Gasteiger partial charge in [0.2, 0.25) is 0 Å². The van der Waals surface area contributed by atoms with Gasteiger partial charge in [-0.2, -0.15) is 0 Å². The highest BCUT2D eigenvalue weighted by molar-refractivity contribution is 5.21. The Morgan fingerprint density at radius 3 is 2.11 bits per heavy atom. The van der Waals surface area contributed by atoms with E-state index in [0.717, 1.165) is 32.8 Å². The number of allylic oxidation sites excluding steroid dienone is 2. The lowest BCUT2D eigenvalue weighted by Gasteiger charge is -2.26. The number of hydrogen-bond acceptors (Lipinski definition) is 2. The van der Waals surface area contributed by atoms with Gasteiger partial charge in [-0.1, -0.05) is 42.0 Å². The first-order valence-corrected chi connectivity index (χ1v) is 6.69. The molecule has 1 aliphatic heterocycles. The summed E-state index contributed by atoms with van der Waals surface area (Å²) in [6.07, 6.45) is 4.00. The van der Waals surface area contributed by atoms with Gasteiger partial charge in [-0.25, -0.2) is 0 Å². The van der Waals surface area contributed by atoms with E-state index in [9.17, 15) is 0 Å². The van der Waals surface area contributed by atoms with Crippen LogP contribution in [-0.4, -0.2) is 31.2 Å². The molecule has 1 fully saturated rings. The molecular formula is C16H25NO. The van der Waals surface area contributed by atoms with Crippen molar-refractivity contribution in [1.29, 1.82) is 0 Å². The van der Waals surface area contributed by atoms with Gasteiger partial charge in [0.25, 0.3) is 0 Å². The van der Waals surface area contributed by atoms with E-state index in [0.29, 0.717) is 0 Å². The van der Waals surface area contributed by atoms with Gasteiger partial charge >= 0.3 is 0 Å². The highest BCUT2D eigenvalue weighted by Gasteiger charge is 2.09. The maximum atomic E-state index is 5.31. The molecule has 0 bridgehead atoms. The molecule has 0 unspecified atom stereocenters. The molecule has 0 amide bonds. The summed E-state index contributed by atoms with van der Waals surface area (Å²) in [4.78, 5) is 2.44. The van der Waals surface area contributed by atoms with Crippen LogP contribution in [0.25, 0.3) is 0 Å². The zero-order valence-corrected chi connectivity index (χ0v) is 11.9. The fraction of sp³-hybridized carbons (Fsp3) is 0.500. The normalized spacial score (nSPS) is 16.4. The molecule has 0 aromatic heterocycles. The third-order valence-electron chi connectivity index (χ3n) is 2.96. The third-order valence-corrected chi connectivity index (χ3v) is 2.96. The summed E-state index contributed by atoms with van der Waals surface area (Å²) in [6.45, 7) is 11.1. The molecule has 2 rings (SSSR count). The molecule has 0 saturated carbocycles. The number of nitrogens with zero attached hydrogens (tertiary/aromatic N) is 1. The third kappa shape index (κ3) is 5.99. The van der Waals surface area contributed by atoms with Gasteiger partial charge in [0.05, 0.1) is 13.2 Å². The van der Waals surface area contributed by atoms with Gasteiger partial charge in [-0.3, -0.25) is 4.90 Å². The Labute approximate surface area is 111 Å². The molecule has 1 saturated heterocycles. The molecule has 1 aromatic rings. The second kappa shape index (κ2) is 8.90. The maximum Gasteiger partial charge on any atom is 0.0594 e. The van der Waals surface area contributed by atoms with Crippen LogP contribution in [0.3, 0.4) is 0 Å². The Morgan fingerprint density at radius 1 is 1.06 bits per heavy atom. The van der Waals surface area contributed by atoms with Crippen LogP contribution in [0, 0.1) is 6.92 Å². The van der Waals surface area contributed by atoms with Crippen LogP contribution in [0.1, 0.15) is 25.0 Å². The van der Waals surface area contributed by atoms with Crippen LogP contribution in [0.4, 0.5) is 0 Å². The summed E-state index contributed by atoms with van der Waals surface area (Å²) in [5.41, 5.74) is 2.73. The number of ether oxygens (including phenoxy) is 1. The summed E-state index contributed by atoms with van der Waals surface area (Å²) in [7, 11) is 0. The molecule has 1 aliphatic rings. The SMILES string of the molecule is C/C=C\C.Cc1ccc(CN2CCOCC2)cc1. The Bertz CT molecular complexity index is 333. The summed E-state index contributed by atoms with van der Waals surface area (Å²) < 4.78 is 5.31. The first kappa shape index (κ1) is 14.9. The van der Waals surface area contributed by atoms with Crippen molar-refractivity contribution < 1.29 is 4.74 Å². The largest absolute Gasteiger partial charge is 0.379 e. The van der Waals surface area contributed by atoms with Gasteiger partial charge in [-0.15, -0.1) is 0 Å². The van der Waals surface area contributed by atoms with Gasteiger partial charge < -0.3 is 4.74 Å². The first-order valence-electron chi connectivity index (χ1n) is 6.69. The van der Waals surface area contributed by atoms with Crippen LogP contribution < -0.4 is 0 Å². The van der Waals surface area contributed by atoms with Crippen LogP contribution in [0.2, 0.25) is 0 Å². The van der Waals surface area contributed by atoms with Crippen molar-refractivity contribution >= 4 is 0 Å². The Balaban J connectivity index is 0.000000357. The molecule has 0 N–H and O–H groups in total. The molecule has 0 aliphatic carbocycles. The minimum atomic E-state index is 0.881. The zero-order chi connectivity index (χ0) is 13.2. The van der Waals surface area contributed by atoms with Crippen LogP contribution in [-0.2, 0) is 11.3 Å². The van der Waals surface area contributed by atoms with Gasteiger partial charge in [0.15, 0.2) is 0 Å². The van der Waals surface area contributed by atoms with Crippen molar-refractivity contribution in [2.75, 3.05) is 26.3 Å². The molecule has 100 valence electrons. The lowest BCUT2D eigenvalue weighted by Crippen LogP contribution is -2.35. The van der Waals surface area contributed by atoms with E-state index in [1.807, 2.05) is 26.0 Å². The molecule has 1 aromatic carbocycles. The summed E-state index contributed by atoms with van der Waals surface area (Å²) in [5.74, 6) is 0. The molecule has 1 heterocycles. The smallest absolute Gasteiger partial charge is 0.0594 e. The summed E-state index contributed by atoms with van der Waals surface area (Å²) in [6, 6.07) is 8.78. The van der Waals surface area contributed by atoms with Crippen LogP contribution in [0.15, 0.2) is 36.4 Å². The number of aryl methyl sites for hydroxylation is 1. The predicted molar refractivity (Wildman–Crippen MR) is 77.8 cm³/mol. The Hall–Kier alpha value is -1.12. The zero-order valence-electron chi connectivity index (χ0n) is 11.9. The average molecular weight is 247 g/mol. The fourth-order valence-corrected chi connectivity index (χ4v) is 1.71. The van der Waals surface area contributed by atoms with E-state index in [-0.39, 0.29) is 0 Å². The van der Waals surface area contributed by atoms with E-state index < -0.39 is 0 Å². The maximum absolute atomic E-state index is 5.31. The van der Waals surface area contributed by atoms with Crippen molar-refractivity contribution in [3.8, 4) is 0 Å². The standard InChI is InChI=1S/C12H17NO.C4H8/c1-11-2-4-12(5-3-11)10-13-6-8-14-9-7-13;1-3-4-2/h2-5H,6-10H2,1H3;3-4H,1-2H3/b;4-3-. The molecule has 2 nitrogen and oxygen atoms in total. The van der Waals surface area contributed by atoms with E-state index in [1.165, 1.54) is 11.1 Å². The Kier molecular flexibility index (Phi) is 7.38. The molecule has 0 radical (unpaired) electrons. The fourth-order valence-electron chi connectivity index (χ4n) is 1.71. The highest BCUT2D eigenvalue weighted by Crippen LogP contribution is 2.08. The van der Waals surface area contributed by atoms with Crippen molar-refractivity contribution in [2.24, 2.45) is 0 Å². The predicted octanol–water partition coefficient (Wildman–Crippen LogP) is 3.41.